The number of hydrogen-bond acceptors (Lipinski definition) is 3. The number of rotatable bonds is 6. The summed E-state index contributed by atoms with van der Waals surface area (Å²) in [7, 11) is 0. The van der Waals surface area contributed by atoms with Crippen LogP contribution in [-0.4, -0.2) is 23.1 Å². The third-order valence-electron chi connectivity index (χ3n) is 9.82. The highest BCUT2D eigenvalue weighted by Gasteiger charge is 2.58. The fourth-order valence-corrected chi connectivity index (χ4v) is 8.14. The second kappa shape index (κ2) is 8.31. The Morgan fingerprint density at radius 3 is 2.63 bits per heavy atom. The molecule has 0 aromatic heterocycles. The molecule has 168 valence electrons. The number of carbonyl (C=O) groups is 2. The molecule has 0 aromatic carbocycles. The van der Waals surface area contributed by atoms with E-state index in [0.717, 1.165) is 42.9 Å². The number of fused-ring (bicyclic) bond motifs is 5. The molecule has 3 fully saturated rings. The lowest BCUT2D eigenvalue weighted by Gasteiger charge is -2.58. The van der Waals surface area contributed by atoms with Gasteiger partial charge in [-0.25, -0.2) is 0 Å². The van der Waals surface area contributed by atoms with Crippen molar-refractivity contribution in [2.24, 2.45) is 34.5 Å². The van der Waals surface area contributed by atoms with Crippen LogP contribution in [0.25, 0.3) is 0 Å². The molecule has 4 aliphatic carbocycles. The van der Waals surface area contributed by atoms with Crippen molar-refractivity contribution in [2.75, 3.05) is 0 Å². The molecule has 4 aliphatic rings. The molecular formula is C26H40O4. The van der Waals surface area contributed by atoms with E-state index in [1.807, 2.05) is 0 Å². The van der Waals surface area contributed by atoms with Gasteiger partial charge in [0, 0.05) is 19.3 Å². The molecule has 0 radical (unpaired) electrons. The Morgan fingerprint density at radius 1 is 1.10 bits per heavy atom. The van der Waals surface area contributed by atoms with Gasteiger partial charge in [-0.05, 0) is 85.9 Å². The molecule has 0 bridgehead atoms. The lowest BCUT2D eigenvalue weighted by Crippen LogP contribution is -2.50. The summed E-state index contributed by atoms with van der Waals surface area (Å²) in [4.78, 5) is 22.8. The van der Waals surface area contributed by atoms with Gasteiger partial charge < -0.3 is 9.84 Å². The Hall–Kier alpha value is -1.32. The largest absolute Gasteiger partial charge is 0.481 e. The van der Waals surface area contributed by atoms with Gasteiger partial charge in [-0.2, -0.15) is 0 Å². The fraction of sp³-hybridized carbons (Fsp3) is 0.846. The highest BCUT2D eigenvalue weighted by Crippen LogP contribution is 2.66. The van der Waals surface area contributed by atoms with E-state index in [1.165, 1.54) is 44.1 Å². The van der Waals surface area contributed by atoms with Crippen LogP contribution in [0.2, 0.25) is 0 Å². The van der Waals surface area contributed by atoms with Crippen molar-refractivity contribution >= 4 is 11.9 Å². The summed E-state index contributed by atoms with van der Waals surface area (Å²) in [6.45, 7) is 7.47. The Morgan fingerprint density at radius 2 is 1.90 bits per heavy atom. The van der Waals surface area contributed by atoms with Crippen LogP contribution in [0.3, 0.4) is 0 Å². The zero-order valence-electron chi connectivity index (χ0n) is 19.1. The average Bonchev–Trinajstić information content (AvgIpc) is 3.04. The third-order valence-corrected chi connectivity index (χ3v) is 9.82. The summed E-state index contributed by atoms with van der Waals surface area (Å²) in [5.41, 5.74) is 2.37. The van der Waals surface area contributed by atoms with Crippen LogP contribution >= 0.6 is 0 Å². The van der Waals surface area contributed by atoms with E-state index in [0.29, 0.717) is 11.8 Å². The maximum absolute atomic E-state index is 12.1. The van der Waals surface area contributed by atoms with Gasteiger partial charge in [0.15, 0.2) is 0 Å². The van der Waals surface area contributed by atoms with E-state index in [2.05, 4.69) is 26.8 Å². The summed E-state index contributed by atoms with van der Waals surface area (Å²) in [6.07, 6.45) is 14.2. The van der Waals surface area contributed by atoms with Crippen LogP contribution in [-0.2, 0) is 14.3 Å². The minimum absolute atomic E-state index is 0.0250. The number of allylic oxidation sites excluding steroid dienone is 1. The van der Waals surface area contributed by atoms with Crippen molar-refractivity contribution in [3.63, 3.8) is 0 Å². The van der Waals surface area contributed by atoms with Gasteiger partial charge >= 0.3 is 11.9 Å². The molecule has 0 unspecified atom stereocenters. The SMILES string of the molecule is CC[C@H]1CC[C@H]2[C@@H]3CC=C4C[C@@H](OC(=O)CCCC(=O)O)CC[C@]4(C)[C@H]3CC[C@]12C. The first-order chi connectivity index (χ1) is 14.3. The molecule has 7 atom stereocenters. The predicted molar refractivity (Wildman–Crippen MR) is 117 cm³/mol. The van der Waals surface area contributed by atoms with Crippen molar-refractivity contribution in [1.29, 1.82) is 0 Å². The fourth-order valence-electron chi connectivity index (χ4n) is 8.14. The quantitative estimate of drug-likeness (QED) is 0.417. The van der Waals surface area contributed by atoms with Crippen molar-refractivity contribution in [1.82, 2.24) is 0 Å². The van der Waals surface area contributed by atoms with E-state index in [-0.39, 0.29) is 30.3 Å². The minimum atomic E-state index is -0.853. The molecule has 4 rings (SSSR count). The molecule has 0 heterocycles. The Kier molecular flexibility index (Phi) is 6.07. The molecule has 1 N–H and O–H groups in total. The maximum atomic E-state index is 12.1. The van der Waals surface area contributed by atoms with Crippen LogP contribution in [0.15, 0.2) is 11.6 Å². The zero-order chi connectivity index (χ0) is 21.5. The Labute approximate surface area is 181 Å². The van der Waals surface area contributed by atoms with Gasteiger partial charge in [0.1, 0.15) is 6.10 Å². The first-order valence-corrected chi connectivity index (χ1v) is 12.4. The van der Waals surface area contributed by atoms with Crippen molar-refractivity contribution in [2.45, 2.75) is 104 Å². The number of carboxylic acid groups (broad SMARTS) is 1. The number of carboxylic acids is 1. The van der Waals surface area contributed by atoms with Crippen LogP contribution in [0, 0.1) is 34.5 Å². The third kappa shape index (κ3) is 3.73. The van der Waals surface area contributed by atoms with E-state index in [1.54, 1.807) is 0 Å². The highest BCUT2D eigenvalue weighted by atomic mass is 16.5. The summed E-state index contributed by atoms with van der Waals surface area (Å²) in [5.74, 6) is 2.35. The van der Waals surface area contributed by atoms with Gasteiger partial charge in [0.2, 0.25) is 0 Å². The normalized spacial score (nSPS) is 42.5. The van der Waals surface area contributed by atoms with Crippen LogP contribution in [0.4, 0.5) is 0 Å². The number of aliphatic carboxylic acids is 1. The summed E-state index contributed by atoms with van der Waals surface area (Å²) in [6, 6.07) is 0. The van der Waals surface area contributed by atoms with Crippen LogP contribution in [0.1, 0.15) is 97.8 Å². The second-order valence-electron chi connectivity index (χ2n) is 11.1. The van der Waals surface area contributed by atoms with Gasteiger partial charge in [0.05, 0.1) is 0 Å². The standard InChI is InChI=1S/C26H40O4/c1-4-17-9-11-21-20-10-8-18-16-19(30-24(29)7-5-6-23(27)28)12-14-26(18,3)22(20)13-15-25(17,21)2/h8,17,19-22H,4-7,9-16H2,1-3H3,(H,27,28)/t17-,19-,20-,21-,22-,25+,26-/m0/s1. The lowest BCUT2D eigenvalue weighted by atomic mass is 9.47. The highest BCUT2D eigenvalue weighted by molar-refractivity contribution is 5.71. The number of carbonyl (C=O) groups excluding carboxylic acids is 1. The molecular weight excluding hydrogens is 376 g/mol. The molecule has 0 amide bonds. The number of esters is 1. The lowest BCUT2D eigenvalue weighted by molar-refractivity contribution is -0.151. The molecule has 30 heavy (non-hydrogen) atoms. The molecule has 0 spiro atoms. The van der Waals surface area contributed by atoms with Crippen molar-refractivity contribution in [3.8, 4) is 0 Å². The monoisotopic (exact) mass is 416 g/mol. The Balaban J connectivity index is 1.41. The average molecular weight is 417 g/mol. The minimum Gasteiger partial charge on any atom is -0.481 e. The van der Waals surface area contributed by atoms with Gasteiger partial charge in [-0.3, -0.25) is 9.59 Å². The first-order valence-electron chi connectivity index (χ1n) is 12.4. The second-order valence-corrected chi connectivity index (χ2v) is 11.1. The van der Waals surface area contributed by atoms with Crippen LogP contribution in [0.5, 0.6) is 0 Å². The van der Waals surface area contributed by atoms with E-state index >= 15 is 0 Å². The van der Waals surface area contributed by atoms with Gasteiger partial charge in [-0.15, -0.1) is 0 Å². The van der Waals surface area contributed by atoms with E-state index in [4.69, 9.17) is 9.84 Å². The van der Waals surface area contributed by atoms with Crippen molar-refractivity contribution in [3.05, 3.63) is 11.6 Å². The Bertz CT molecular complexity index is 712. The van der Waals surface area contributed by atoms with Crippen molar-refractivity contribution < 1.29 is 19.4 Å². The summed E-state index contributed by atoms with van der Waals surface area (Å²) < 4.78 is 5.74. The first kappa shape index (κ1) is 21.9. The van der Waals surface area contributed by atoms with Gasteiger partial charge in [-0.1, -0.05) is 38.8 Å². The molecule has 0 saturated heterocycles. The van der Waals surface area contributed by atoms with E-state index in [9.17, 15) is 9.59 Å². The summed E-state index contributed by atoms with van der Waals surface area (Å²) >= 11 is 0. The molecule has 3 saturated carbocycles. The smallest absolute Gasteiger partial charge is 0.306 e. The number of ether oxygens (including phenoxy) is 1. The summed E-state index contributed by atoms with van der Waals surface area (Å²) in [5, 5.41) is 8.74. The molecule has 4 nitrogen and oxygen atoms in total. The number of hydrogen-bond donors (Lipinski definition) is 1. The topological polar surface area (TPSA) is 63.6 Å². The predicted octanol–water partition coefficient (Wildman–Crippen LogP) is 6.14. The molecule has 4 heteroatoms. The van der Waals surface area contributed by atoms with Crippen LogP contribution < -0.4 is 0 Å². The molecule has 0 aliphatic heterocycles. The zero-order valence-corrected chi connectivity index (χ0v) is 19.1. The van der Waals surface area contributed by atoms with Gasteiger partial charge in [0.25, 0.3) is 0 Å². The molecule has 0 aromatic rings. The van der Waals surface area contributed by atoms with E-state index < -0.39 is 5.97 Å². The maximum Gasteiger partial charge on any atom is 0.306 e.